The van der Waals surface area contributed by atoms with Gasteiger partial charge < -0.3 is 4.74 Å². The van der Waals surface area contributed by atoms with Crippen LogP contribution in [0, 0.1) is 17.8 Å². The average Bonchev–Trinajstić information content (AvgIpc) is 2.40. The Morgan fingerprint density at radius 3 is 2.44 bits per heavy atom. The number of hydrogen-bond donors (Lipinski definition) is 0. The van der Waals surface area contributed by atoms with E-state index in [0.717, 1.165) is 37.2 Å². The maximum Gasteiger partial charge on any atom is 0.280 e. The Morgan fingerprint density at radius 1 is 1.16 bits per heavy atom. The van der Waals surface area contributed by atoms with E-state index in [-0.39, 0.29) is 5.69 Å². The maximum atomic E-state index is 12.7. The molecule has 0 bridgehead atoms. The fourth-order valence-electron chi connectivity index (χ4n) is 4.79. The monoisotopic (exact) mass is 367 g/mol. The van der Waals surface area contributed by atoms with E-state index in [0.29, 0.717) is 16.5 Å². The Morgan fingerprint density at radius 2 is 1.88 bits per heavy atom. The number of halogens is 2. The molecular formula is C18H23F2N3OS. The van der Waals surface area contributed by atoms with Crippen LogP contribution in [0.4, 0.5) is 8.78 Å². The molecule has 0 N–H and O–H groups in total. The van der Waals surface area contributed by atoms with Crippen molar-refractivity contribution in [3.05, 3.63) is 23.5 Å². The number of alkyl halides is 2. The van der Waals surface area contributed by atoms with E-state index in [9.17, 15) is 8.78 Å². The second-order valence-corrected chi connectivity index (χ2v) is 9.61. The normalized spacial score (nSPS) is 27.8. The number of aromatic nitrogens is 1. The lowest BCUT2D eigenvalue weighted by atomic mass is 9.61. The fourth-order valence-corrected chi connectivity index (χ4v) is 6.05. The molecule has 4 fully saturated rings. The summed E-state index contributed by atoms with van der Waals surface area (Å²) in [6.07, 6.45) is 0.148. The van der Waals surface area contributed by atoms with Crippen molar-refractivity contribution in [3.63, 3.8) is 0 Å². The molecule has 0 amide bonds. The Labute approximate surface area is 151 Å². The fraction of sp³-hybridized carbons (Fsp3) is 0.722. The summed E-state index contributed by atoms with van der Waals surface area (Å²) in [7, 11) is 0. The van der Waals surface area contributed by atoms with Crippen LogP contribution in [-0.2, 0) is 4.74 Å². The molecule has 3 saturated heterocycles. The zero-order valence-corrected chi connectivity index (χ0v) is 15.2. The third kappa shape index (κ3) is 2.71. The highest BCUT2D eigenvalue weighted by Gasteiger charge is 2.58. The molecule has 136 valence electrons. The smallest absolute Gasteiger partial charge is 0.280 e. The molecule has 1 saturated carbocycles. The molecule has 1 aromatic heterocycles. The van der Waals surface area contributed by atoms with E-state index < -0.39 is 6.43 Å². The number of hydrogen-bond acceptors (Lipinski definition) is 5. The van der Waals surface area contributed by atoms with Crippen LogP contribution < -0.4 is 0 Å². The highest BCUT2D eigenvalue weighted by molar-refractivity contribution is 7.97. The Bertz CT molecular complexity index is 675. The van der Waals surface area contributed by atoms with Gasteiger partial charge in [-0.2, -0.15) is 0 Å². The lowest BCUT2D eigenvalue weighted by Crippen LogP contribution is -2.74. The first-order valence-electron chi connectivity index (χ1n) is 8.97. The number of likely N-dealkylation sites (tertiary alicyclic amines) is 1. The lowest BCUT2D eigenvalue weighted by molar-refractivity contribution is -0.211. The topological polar surface area (TPSA) is 28.6 Å². The molecule has 1 aliphatic carbocycles. The molecule has 2 spiro atoms. The first-order chi connectivity index (χ1) is 12.0. The van der Waals surface area contributed by atoms with Crippen LogP contribution in [0.1, 0.15) is 30.7 Å². The summed E-state index contributed by atoms with van der Waals surface area (Å²) in [5.41, 5.74) is 1.58. The molecule has 7 heteroatoms. The van der Waals surface area contributed by atoms with Crippen LogP contribution in [0.2, 0.25) is 0 Å². The molecular weight excluding hydrogens is 344 g/mol. The molecule has 5 rings (SSSR count). The third-order valence-electron chi connectivity index (χ3n) is 6.28. The minimum absolute atomic E-state index is 0.133. The van der Waals surface area contributed by atoms with Gasteiger partial charge in [0.25, 0.3) is 6.43 Å². The van der Waals surface area contributed by atoms with Crippen molar-refractivity contribution in [3.8, 4) is 0 Å². The summed E-state index contributed by atoms with van der Waals surface area (Å²) in [4.78, 5) is 7.66. The first kappa shape index (κ1) is 16.4. The summed E-state index contributed by atoms with van der Waals surface area (Å²) in [6.45, 7) is 8.37. The van der Waals surface area contributed by atoms with Crippen molar-refractivity contribution in [2.75, 3.05) is 39.4 Å². The second-order valence-electron chi connectivity index (χ2n) is 8.47. The van der Waals surface area contributed by atoms with Crippen molar-refractivity contribution in [2.24, 2.45) is 10.8 Å². The van der Waals surface area contributed by atoms with Gasteiger partial charge in [-0.25, -0.2) is 13.1 Å². The van der Waals surface area contributed by atoms with Crippen LogP contribution in [0.3, 0.4) is 0 Å². The molecule has 25 heavy (non-hydrogen) atoms. The number of pyridine rings is 1. The zero-order chi connectivity index (χ0) is 17.2. The van der Waals surface area contributed by atoms with E-state index >= 15 is 0 Å². The molecule has 0 unspecified atom stereocenters. The van der Waals surface area contributed by atoms with Crippen molar-refractivity contribution >= 4 is 11.9 Å². The van der Waals surface area contributed by atoms with Gasteiger partial charge in [-0.15, -0.1) is 0 Å². The summed E-state index contributed by atoms with van der Waals surface area (Å²) < 4.78 is 33.1. The average molecular weight is 367 g/mol. The second kappa shape index (κ2) is 5.62. The van der Waals surface area contributed by atoms with E-state index in [4.69, 9.17) is 4.74 Å². The van der Waals surface area contributed by atoms with Gasteiger partial charge in [-0.05, 0) is 43.8 Å². The molecule has 0 aromatic carbocycles. The van der Waals surface area contributed by atoms with Gasteiger partial charge >= 0.3 is 0 Å². The van der Waals surface area contributed by atoms with Gasteiger partial charge in [0.2, 0.25) is 0 Å². The number of ether oxygens (including phenoxy) is 1. The molecule has 4 aliphatic rings. The van der Waals surface area contributed by atoms with Crippen LogP contribution in [-0.4, -0.2) is 59.6 Å². The number of nitrogens with zero attached hydrogens (tertiary/aromatic N) is 3. The van der Waals surface area contributed by atoms with Gasteiger partial charge in [0.1, 0.15) is 5.69 Å². The highest BCUT2D eigenvalue weighted by atomic mass is 32.2. The Hall–Kier alpha value is -0.760. The predicted octanol–water partition coefficient (Wildman–Crippen LogP) is 3.13. The SMILES string of the molecule is Cc1nc(C(F)F)ccc1SN1CC2(C1)CN(C1CC3(COC3)C1)C2. The number of rotatable bonds is 4. The van der Waals surface area contributed by atoms with Crippen molar-refractivity contribution in [2.45, 2.75) is 37.1 Å². The Kier molecular flexibility index (Phi) is 3.69. The van der Waals surface area contributed by atoms with E-state index in [1.54, 1.807) is 18.0 Å². The summed E-state index contributed by atoms with van der Waals surface area (Å²) >= 11 is 1.66. The Balaban J connectivity index is 1.10. The molecule has 0 atom stereocenters. The summed E-state index contributed by atoms with van der Waals surface area (Å²) in [6, 6.07) is 4.00. The van der Waals surface area contributed by atoms with Crippen molar-refractivity contribution in [1.82, 2.24) is 14.2 Å². The largest absolute Gasteiger partial charge is 0.380 e. The number of aryl methyl sites for hydroxylation is 1. The summed E-state index contributed by atoms with van der Waals surface area (Å²) in [5.74, 6) is 0. The molecule has 3 aliphatic heterocycles. The van der Waals surface area contributed by atoms with Crippen LogP contribution in [0.15, 0.2) is 17.0 Å². The van der Waals surface area contributed by atoms with Crippen LogP contribution in [0.5, 0.6) is 0 Å². The standard InChI is InChI=1S/C18H23F2N3OS/c1-12-15(3-2-14(21-12)16(19)20)25-23-8-18(9-23)6-22(7-18)13-4-17(5-13)10-24-11-17/h2-3,13,16H,4-11H2,1H3. The van der Waals surface area contributed by atoms with Crippen molar-refractivity contribution < 1.29 is 13.5 Å². The first-order valence-corrected chi connectivity index (χ1v) is 9.74. The zero-order valence-electron chi connectivity index (χ0n) is 14.4. The van der Waals surface area contributed by atoms with E-state index in [2.05, 4.69) is 14.2 Å². The molecule has 4 nitrogen and oxygen atoms in total. The lowest BCUT2D eigenvalue weighted by Gasteiger charge is -2.66. The predicted molar refractivity (Wildman–Crippen MR) is 91.6 cm³/mol. The minimum Gasteiger partial charge on any atom is -0.380 e. The third-order valence-corrected chi connectivity index (χ3v) is 7.43. The maximum absolute atomic E-state index is 12.7. The van der Waals surface area contributed by atoms with Crippen LogP contribution >= 0.6 is 11.9 Å². The molecule has 0 radical (unpaired) electrons. The quantitative estimate of drug-likeness (QED) is 0.763. The molecule has 4 heterocycles. The highest BCUT2D eigenvalue weighted by Crippen LogP contribution is 2.53. The van der Waals surface area contributed by atoms with Gasteiger partial charge in [0.05, 0.1) is 18.9 Å². The minimum atomic E-state index is -2.50. The van der Waals surface area contributed by atoms with Gasteiger partial charge in [-0.3, -0.25) is 9.88 Å². The van der Waals surface area contributed by atoms with Crippen molar-refractivity contribution in [1.29, 1.82) is 0 Å². The summed E-state index contributed by atoms with van der Waals surface area (Å²) in [5, 5.41) is 0. The van der Waals surface area contributed by atoms with E-state index in [1.807, 2.05) is 6.92 Å². The molecule has 1 aromatic rings. The van der Waals surface area contributed by atoms with Crippen LogP contribution in [0.25, 0.3) is 0 Å². The van der Waals surface area contributed by atoms with Gasteiger partial charge in [0.15, 0.2) is 0 Å². The van der Waals surface area contributed by atoms with E-state index in [1.165, 1.54) is 32.0 Å². The van der Waals surface area contributed by atoms with Gasteiger partial charge in [-0.1, -0.05) is 0 Å². The van der Waals surface area contributed by atoms with Gasteiger partial charge in [0, 0.05) is 47.9 Å².